The van der Waals surface area contributed by atoms with Gasteiger partial charge < -0.3 is 14.4 Å². The Labute approximate surface area is 261 Å². The lowest BCUT2D eigenvalue weighted by Gasteiger charge is -2.56. The molecule has 1 aromatic carbocycles. The average Bonchev–Trinajstić information content (AvgIpc) is 3.46. The van der Waals surface area contributed by atoms with Crippen molar-refractivity contribution in [3.05, 3.63) is 57.5 Å². The van der Waals surface area contributed by atoms with Gasteiger partial charge in [-0.25, -0.2) is 9.93 Å². The number of nitrogens with two attached hydrogens (primary N) is 1. The van der Waals surface area contributed by atoms with Crippen LogP contribution in [0.25, 0.3) is 0 Å². The maximum atomic E-state index is 13.8. The first-order chi connectivity index (χ1) is 20.4. The van der Waals surface area contributed by atoms with Gasteiger partial charge in [0, 0.05) is 31.4 Å². The third-order valence-electron chi connectivity index (χ3n) is 6.78. The molecule has 0 radical (unpaired) electrons. The Hall–Kier alpha value is -3.74. The van der Waals surface area contributed by atoms with Crippen LogP contribution in [0.2, 0.25) is 0 Å². The van der Waals surface area contributed by atoms with Gasteiger partial charge in [0.15, 0.2) is 0 Å². The van der Waals surface area contributed by atoms with Gasteiger partial charge in [-0.1, -0.05) is 0 Å². The van der Waals surface area contributed by atoms with Gasteiger partial charge in [0.1, 0.15) is 29.0 Å². The van der Waals surface area contributed by atoms with Gasteiger partial charge >= 0.3 is 22.3 Å². The number of carbonyl (C=O) groups excluding carboxylic acids is 4. The Morgan fingerprint density at radius 1 is 1.20 bits per heavy atom. The lowest BCUT2D eigenvalue weighted by atomic mass is 9.86. The molecular weight excluding hydrogens is 639 g/mol. The van der Waals surface area contributed by atoms with Gasteiger partial charge in [0.05, 0.1) is 16.5 Å². The number of ether oxygens (including phenoxy) is 2. The van der Waals surface area contributed by atoms with E-state index in [2.05, 4.69) is 0 Å². The molecule has 44 heavy (non-hydrogen) atoms. The molecule has 3 heterocycles. The number of thioether (sulfide) groups is 1. The predicted octanol–water partition coefficient (Wildman–Crippen LogP) is 2.46. The summed E-state index contributed by atoms with van der Waals surface area (Å²) < 4.78 is 36.2. The number of hydrogen-bond acceptors (Lipinski definition) is 12. The van der Waals surface area contributed by atoms with E-state index in [1.54, 1.807) is 17.5 Å². The standard InChI is InChI=1S/C26H31N5O10S3/c1-16(32)30(19-6-5-11-42-19)20-21(33)28-13-26(15-43-22(20)28,14-29(44(27,38)39)24(35)41-25(2,3)4)23(34)40-12-17-7-9-18(10-8-17)31(36)37/h5-11,20,22H,12-15H2,1-4H3,(H2,27,38,39)/t20?,22-,26?/m1/s1. The number of hydrogen-bond donors (Lipinski definition) is 1. The second-order valence-electron chi connectivity index (χ2n) is 11.3. The van der Waals surface area contributed by atoms with Gasteiger partial charge in [0.25, 0.3) is 5.69 Å². The number of nitro groups is 1. The number of β-lactam (4-membered cyclic amide) rings is 1. The number of rotatable bonds is 9. The van der Waals surface area contributed by atoms with E-state index in [0.29, 0.717) is 10.6 Å². The van der Waals surface area contributed by atoms with Crippen LogP contribution < -0.4 is 10.0 Å². The van der Waals surface area contributed by atoms with Crippen LogP contribution in [0.15, 0.2) is 41.8 Å². The van der Waals surface area contributed by atoms with Gasteiger partial charge in [0.2, 0.25) is 11.8 Å². The quantitative estimate of drug-likeness (QED) is 0.178. The van der Waals surface area contributed by atoms with Crippen molar-refractivity contribution in [2.45, 2.75) is 51.3 Å². The molecule has 2 aliphatic heterocycles. The first-order valence-electron chi connectivity index (χ1n) is 13.1. The van der Waals surface area contributed by atoms with Crippen LogP contribution in [0.1, 0.15) is 33.3 Å². The molecule has 2 aromatic rings. The normalized spacial score (nSPS) is 21.5. The minimum absolute atomic E-state index is 0.109. The van der Waals surface area contributed by atoms with Gasteiger partial charge in [-0.05, 0) is 56.0 Å². The number of carbonyl (C=O) groups is 4. The Bertz CT molecular complexity index is 1560. The Kier molecular flexibility index (Phi) is 9.30. The molecule has 0 aliphatic carbocycles. The molecule has 0 bridgehead atoms. The molecule has 15 nitrogen and oxygen atoms in total. The zero-order chi connectivity index (χ0) is 32.6. The van der Waals surface area contributed by atoms with Crippen LogP contribution in [-0.2, 0) is 40.7 Å². The van der Waals surface area contributed by atoms with Crippen molar-refractivity contribution in [3.63, 3.8) is 0 Å². The van der Waals surface area contributed by atoms with Crippen LogP contribution >= 0.6 is 23.1 Å². The minimum Gasteiger partial charge on any atom is -0.460 e. The molecule has 2 saturated heterocycles. The number of thiophene rings is 1. The first kappa shape index (κ1) is 33.2. The zero-order valence-electron chi connectivity index (χ0n) is 24.2. The second-order valence-corrected chi connectivity index (χ2v) is 14.8. The van der Waals surface area contributed by atoms with E-state index >= 15 is 0 Å². The van der Waals surface area contributed by atoms with Crippen molar-refractivity contribution >= 4 is 67.9 Å². The van der Waals surface area contributed by atoms with Crippen LogP contribution in [0.3, 0.4) is 0 Å². The smallest absolute Gasteiger partial charge is 0.425 e. The molecular formula is C26H31N5O10S3. The highest BCUT2D eigenvalue weighted by atomic mass is 32.2. The largest absolute Gasteiger partial charge is 0.460 e. The number of nitro benzene ring substituents is 1. The number of fused-ring (bicyclic) bond motifs is 1. The fraction of sp³-hybridized carbons (Fsp3) is 0.462. The number of benzene rings is 1. The summed E-state index contributed by atoms with van der Waals surface area (Å²) in [4.78, 5) is 65.9. The van der Waals surface area contributed by atoms with Crippen LogP contribution in [0.5, 0.6) is 0 Å². The van der Waals surface area contributed by atoms with Crippen LogP contribution in [0.4, 0.5) is 15.5 Å². The van der Waals surface area contributed by atoms with E-state index in [1.807, 2.05) is 0 Å². The topological polar surface area (TPSA) is 200 Å². The molecule has 238 valence electrons. The fourth-order valence-corrected chi connectivity index (χ4v) is 7.80. The van der Waals surface area contributed by atoms with E-state index in [4.69, 9.17) is 14.6 Å². The van der Waals surface area contributed by atoms with Crippen molar-refractivity contribution in [3.8, 4) is 0 Å². The minimum atomic E-state index is -4.76. The molecule has 1 aromatic heterocycles. The third kappa shape index (κ3) is 6.98. The summed E-state index contributed by atoms with van der Waals surface area (Å²) in [5.41, 5.74) is -2.64. The molecule has 2 N–H and O–H groups in total. The Morgan fingerprint density at radius 2 is 1.86 bits per heavy atom. The van der Waals surface area contributed by atoms with Gasteiger partial charge in [-0.3, -0.25) is 29.4 Å². The van der Waals surface area contributed by atoms with Crippen LogP contribution in [-0.4, -0.2) is 82.3 Å². The molecule has 3 atom stereocenters. The zero-order valence-corrected chi connectivity index (χ0v) is 26.6. The predicted molar refractivity (Wildman–Crippen MR) is 161 cm³/mol. The van der Waals surface area contributed by atoms with Crippen molar-refractivity contribution in [1.82, 2.24) is 9.21 Å². The Morgan fingerprint density at radius 3 is 2.39 bits per heavy atom. The molecule has 0 spiro atoms. The molecule has 2 aliphatic rings. The summed E-state index contributed by atoms with van der Waals surface area (Å²) in [6.07, 6.45) is -1.32. The average molecular weight is 670 g/mol. The molecule has 4 rings (SSSR count). The lowest BCUT2D eigenvalue weighted by Crippen LogP contribution is -2.75. The van der Waals surface area contributed by atoms with Crippen molar-refractivity contribution in [2.75, 3.05) is 23.7 Å². The summed E-state index contributed by atoms with van der Waals surface area (Å²) in [5.74, 6) is -1.87. The second kappa shape index (κ2) is 12.3. The first-order valence-corrected chi connectivity index (χ1v) is 16.6. The maximum absolute atomic E-state index is 13.8. The monoisotopic (exact) mass is 669 g/mol. The highest BCUT2D eigenvalue weighted by molar-refractivity contribution is 8.00. The van der Waals surface area contributed by atoms with E-state index in [-0.39, 0.29) is 34.8 Å². The fourth-order valence-electron chi connectivity index (χ4n) is 4.75. The number of amides is 3. The third-order valence-corrected chi connectivity index (χ3v) is 10.1. The summed E-state index contributed by atoms with van der Waals surface area (Å²) in [6, 6.07) is 7.86. The van der Waals surface area contributed by atoms with Crippen molar-refractivity contribution < 1.29 is 42.0 Å². The lowest BCUT2D eigenvalue weighted by molar-refractivity contribution is -0.384. The summed E-state index contributed by atoms with van der Waals surface area (Å²) in [6.45, 7) is 4.44. The Balaban J connectivity index is 1.63. The summed E-state index contributed by atoms with van der Waals surface area (Å²) in [5, 5.41) is 18.1. The van der Waals surface area contributed by atoms with E-state index in [1.165, 1.54) is 73.1 Å². The highest BCUT2D eigenvalue weighted by Gasteiger charge is 2.61. The molecule has 2 unspecified atom stereocenters. The molecule has 18 heteroatoms. The van der Waals surface area contributed by atoms with Gasteiger partial charge in [-0.15, -0.1) is 23.1 Å². The summed E-state index contributed by atoms with van der Waals surface area (Å²) in [7, 11) is -4.76. The number of non-ortho nitro benzene ring substituents is 1. The molecule has 3 amide bonds. The number of anilines is 1. The van der Waals surface area contributed by atoms with Gasteiger partial charge in [-0.2, -0.15) is 12.7 Å². The van der Waals surface area contributed by atoms with Crippen LogP contribution in [0, 0.1) is 15.5 Å². The van der Waals surface area contributed by atoms with E-state index in [0.717, 1.165) is 11.8 Å². The van der Waals surface area contributed by atoms with E-state index < -0.39 is 62.1 Å². The van der Waals surface area contributed by atoms with Crippen molar-refractivity contribution in [2.24, 2.45) is 10.6 Å². The summed E-state index contributed by atoms with van der Waals surface area (Å²) >= 11 is 2.42. The van der Waals surface area contributed by atoms with E-state index in [9.17, 15) is 37.7 Å². The van der Waals surface area contributed by atoms with Crippen molar-refractivity contribution in [1.29, 1.82) is 0 Å². The molecule has 2 fully saturated rings. The number of esters is 1. The maximum Gasteiger partial charge on any atom is 0.425 e. The highest BCUT2D eigenvalue weighted by Crippen LogP contribution is 2.46. The number of nitrogens with zero attached hydrogens (tertiary/aromatic N) is 4. The SMILES string of the molecule is CC(=O)N(c1cccs1)C1C(=O)N2CC(CN(C(=O)OC(C)(C)C)S(N)(=O)=O)(C(=O)OCc3ccc([N+](=O)[O-])cc3)CS[C@H]12. The molecule has 0 saturated carbocycles.